The first-order chi connectivity index (χ1) is 8.22. The maximum Gasteiger partial charge on any atom is 0.255 e. The molecule has 0 spiro atoms. The van der Waals surface area contributed by atoms with Gasteiger partial charge in [0.15, 0.2) is 0 Å². The van der Waals surface area contributed by atoms with Crippen molar-refractivity contribution in [3.05, 3.63) is 34.3 Å². The highest BCUT2D eigenvalue weighted by Gasteiger charge is 2.20. The molecule has 1 aromatic carbocycles. The zero-order valence-corrected chi connectivity index (χ0v) is 10.7. The molecule has 1 saturated heterocycles. The standard InChI is InChI=1S/C13H16ClNO2/c1-2-10-3-4-12(14)11(9-10)13(16)15-5-7-17-8-6-15/h3-4,9H,2,5-8H2,1H3. The number of rotatable bonds is 2. The number of carbonyl (C=O) groups excluding carboxylic acids is 1. The van der Waals surface area contributed by atoms with Crippen molar-refractivity contribution in [2.24, 2.45) is 0 Å². The zero-order chi connectivity index (χ0) is 12.3. The van der Waals surface area contributed by atoms with Crippen molar-refractivity contribution in [2.45, 2.75) is 13.3 Å². The van der Waals surface area contributed by atoms with E-state index in [9.17, 15) is 4.79 Å². The van der Waals surface area contributed by atoms with Crippen LogP contribution >= 0.6 is 11.6 Å². The van der Waals surface area contributed by atoms with Gasteiger partial charge in [0.05, 0.1) is 23.8 Å². The van der Waals surface area contributed by atoms with Gasteiger partial charge in [0.2, 0.25) is 0 Å². The highest BCUT2D eigenvalue weighted by molar-refractivity contribution is 6.33. The molecule has 1 amide bonds. The average molecular weight is 254 g/mol. The predicted molar refractivity (Wildman–Crippen MR) is 67.6 cm³/mol. The van der Waals surface area contributed by atoms with E-state index in [1.807, 2.05) is 12.1 Å². The normalized spacial score (nSPS) is 16.0. The average Bonchev–Trinajstić information content (AvgIpc) is 2.39. The van der Waals surface area contributed by atoms with Crippen LogP contribution in [0.1, 0.15) is 22.8 Å². The van der Waals surface area contributed by atoms with Crippen molar-refractivity contribution < 1.29 is 9.53 Å². The molecular weight excluding hydrogens is 238 g/mol. The Labute approximate surface area is 106 Å². The van der Waals surface area contributed by atoms with E-state index in [1.54, 1.807) is 11.0 Å². The Hall–Kier alpha value is -1.06. The Bertz CT molecular complexity index is 414. The fourth-order valence-corrected chi connectivity index (χ4v) is 2.09. The highest BCUT2D eigenvalue weighted by Crippen LogP contribution is 2.20. The Morgan fingerprint density at radius 2 is 2.12 bits per heavy atom. The number of morpholine rings is 1. The molecule has 0 aromatic heterocycles. The van der Waals surface area contributed by atoms with Gasteiger partial charge < -0.3 is 9.64 Å². The molecule has 92 valence electrons. The van der Waals surface area contributed by atoms with E-state index in [1.165, 1.54) is 0 Å². The van der Waals surface area contributed by atoms with Crippen molar-refractivity contribution in [1.82, 2.24) is 4.90 Å². The molecule has 1 aliphatic rings. The largest absolute Gasteiger partial charge is 0.378 e. The van der Waals surface area contributed by atoms with Gasteiger partial charge in [-0.15, -0.1) is 0 Å². The van der Waals surface area contributed by atoms with Crippen molar-refractivity contribution in [2.75, 3.05) is 26.3 Å². The monoisotopic (exact) mass is 253 g/mol. The van der Waals surface area contributed by atoms with Crippen LogP contribution in [0.2, 0.25) is 5.02 Å². The van der Waals surface area contributed by atoms with Gasteiger partial charge in [-0.2, -0.15) is 0 Å². The van der Waals surface area contributed by atoms with Crippen LogP contribution in [-0.4, -0.2) is 37.1 Å². The van der Waals surface area contributed by atoms with Gasteiger partial charge >= 0.3 is 0 Å². The van der Waals surface area contributed by atoms with E-state index in [2.05, 4.69) is 6.92 Å². The van der Waals surface area contributed by atoms with Crippen LogP contribution in [0.3, 0.4) is 0 Å². The van der Waals surface area contributed by atoms with E-state index in [0.29, 0.717) is 36.9 Å². The van der Waals surface area contributed by atoms with E-state index >= 15 is 0 Å². The molecule has 0 bridgehead atoms. The second-order valence-electron chi connectivity index (χ2n) is 4.07. The molecule has 0 saturated carbocycles. The van der Waals surface area contributed by atoms with Gasteiger partial charge in [0.1, 0.15) is 0 Å². The van der Waals surface area contributed by atoms with E-state index in [0.717, 1.165) is 12.0 Å². The number of hydrogen-bond donors (Lipinski definition) is 0. The number of amides is 1. The first-order valence-electron chi connectivity index (χ1n) is 5.88. The quantitative estimate of drug-likeness (QED) is 0.810. The molecule has 0 aliphatic carbocycles. The molecule has 0 radical (unpaired) electrons. The number of benzene rings is 1. The topological polar surface area (TPSA) is 29.5 Å². The van der Waals surface area contributed by atoms with Crippen molar-refractivity contribution in [1.29, 1.82) is 0 Å². The SMILES string of the molecule is CCc1ccc(Cl)c(C(=O)N2CCOCC2)c1. The molecule has 0 atom stereocenters. The summed E-state index contributed by atoms with van der Waals surface area (Å²) in [6.07, 6.45) is 0.903. The number of hydrogen-bond acceptors (Lipinski definition) is 2. The Morgan fingerprint density at radius 3 is 2.76 bits per heavy atom. The molecule has 3 nitrogen and oxygen atoms in total. The molecule has 1 aliphatic heterocycles. The molecule has 0 unspecified atom stereocenters. The van der Waals surface area contributed by atoms with Gasteiger partial charge in [-0.1, -0.05) is 24.6 Å². The van der Waals surface area contributed by atoms with Crippen molar-refractivity contribution in [3.8, 4) is 0 Å². The van der Waals surface area contributed by atoms with Gasteiger partial charge in [0.25, 0.3) is 5.91 Å². The molecule has 1 aromatic rings. The fraction of sp³-hybridized carbons (Fsp3) is 0.462. The molecule has 0 N–H and O–H groups in total. The third-order valence-electron chi connectivity index (χ3n) is 2.97. The summed E-state index contributed by atoms with van der Waals surface area (Å²) in [5.74, 6) is 0.00796. The smallest absolute Gasteiger partial charge is 0.255 e. The molecule has 1 heterocycles. The van der Waals surface area contributed by atoms with Crippen LogP contribution in [0.5, 0.6) is 0 Å². The van der Waals surface area contributed by atoms with Gasteiger partial charge in [-0.05, 0) is 24.1 Å². The zero-order valence-electron chi connectivity index (χ0n) is 9.91. The Morgan fingerprint density at radius 1 is 1.41 bits per heavy atom. The first kappa shape index (κ1) is 12.4. The van der Waals surface area contributed by atoms with Crippen molar-refractivity contribution in [3.63, 3.8) is 0 Å². The second-order valence-corrected chi connectivity index (χ2v) is 4.48. The minimum atomic E-state index is 0.00796. The summed E-state index contributed by atoms with van der Waals surface area (Å²) < 4.78 is 5.23. The predicted octanol–water partition coefficient (Wildman–Crippen LogP) is 2.37. The van der Waals surface area contributed by atoms with Gasteiger partial charge in [-0.25, -0.2) is 0 Å². The lowest BCUT2D eigenvalue weighted by Crippen LogP contribution is -2.40. The summed E-state index contributed by atoms with van der Waals surface area (Å²) in [5, 5.41) is 0.527. The minimum absolute atomic E-state index is 0.00796. The third-order valence-corrected chi connectivity index (χ3v) is 3.30. The minimum Gasteiger partial charge on any atom is -0.378 e. The van der Waals surface area contributed by atoms with Gasteiger partial charge in [-0.3, -0.25) is 4.79 Å². The number of aryl methyl sites for hydroxylation is 1. The summed E-state index contributed by atoms with van der Waals surface area (Å²) in [6.45, 7) is 4.57. The third kappa shape index (κ3) is 2.79. The van der Waals surface area contributed by atoms with E-state index in [4.69, 9.17) is 16.3 Å². The van der Waals surface area contributed by atoms with E-state index < -0.39 is 0 Å². The number of nitrogens with zero attached hydrogens (tertiary/aromatic N) is 1. The lowest BCUT2D eigenvalue weighted by Gasteiger charge is -2.27. The van der Waals surface area contributed by atoms with Crippen molar-refractivity contribution >= 4 is 17.5 Å². The van der Waals surface area contributed by atoms with Crippen LogP contribution in [0.4, 0.5) is 0 Å². The number of carbonyl (C=O) groups is 1. The Balaban J connectivity index is 2.22. The number of halogens is 1. The van der Waals surface area contributed by atoms with E-state index in [-0.39, 0.29) is 5.91 Å². The Kier molecular flexibility index (Phi) is 4.02. The van der Waals surface area contributed by atoms with Crippen LogP contribution in [0.25, 0.3) is 0 Å². The van der Waals surface area contributed by atoms with Crippen LogP contribution < -0.4 is 0 Å². The second kappa shape index (κ2) is 5.52. The molecule has 2 rings (SSSR count). The summed E-state index contributed by atoms with van der Waals surface area (Å²) in [5.41, 5.74) is 1.74. The van der Waals surface area contributed by atoms with Crippen LogP contribution in [0.15, 0.2) is 18.2 Å². The van der Waals surface area contributed by atoms with Crippen LogP contribution in [0, 0.1) is 0 Å². The summed E-state index contributed by atoms with van der Waals surface area (Å²) in [7, 11) is 0. The molecule has 4 heteroatoms. The molecular formula is C13H16ClNO2. The highest BCUT2D eigenvalue weighted by atomic mass is 35.5. The fourth-order valence-electron chi connectivity index (χ4n) is 1.89. The lowest BCUT2D eigenvalue weighted by molar-refractivity contribution is 0.0303. The summed E-state index contributed by atoms with van der Waals surface area (Å²) in [4.78, 5) is 14.1. The van der Waals surface area contributed by atoms with Crippen LogP contribution in [-0.2, 0) is 11.2 Å². The summed E-state index contributed by atoms with van der Waals surface area (Å²) in [6, 6.07) is 5.65. The number of ether oxygens (including phenoxy) is 1. The van der Waals surface area contributed by atoms with Gasteiger partial charge in [0, 0.05) is 13.1 Å². The first-order valence-corrected chi connectivity index (χ1v) is 6.25. The lowest BCUT2D eigenvalue weighted by atomic mass is 10.1. The molecule has 17 heavy (non-hydrogen) atoms. The summed E-state index contributed by atoms with van der Waals surface area (Å²) >= 11 is 6.09. The molecule has 1 fully saturated rings. The maximum atomic E-state index is 12.3. The maximum absolute atomic E-state index is 12.3.